The highest BCUT2D eigenvalue weighted by atomic mass is 35.5. The summed E-state index contributed by atoms with van der Waals surface area (Å²) in [5, 5.41) is -1.37. The first kappa shape index (κ1) is 23.7. The highest BCUT2D eigenvalue weighted by molar-refractivity contribution is 6.40. The van der Waals surface area contributed by atoms with Crippen molar-refractivity contribution in [3.8, 4) is 0 Å². The number of benzene rings is 1. The third-order valence-electron chi connectivity index (χ3n) is 5.27. The number of hydrogen-bond acceptors (Lipinski definition) is 5. The van der Waals surface area contributed by atoms with E-state index in [1.807, 2.05) is 0 Å². The Hall–Kier alpha value is -1.95. The molecule has 0 unspecified atom stereocenters. The number of nitrogens with two attached hydrogens (primary N) is 2. The molecule has 0 saturated heterocycles. The van der Waals surface area contributed by atoms with Crippen LogP contribution >= 0.6 is 23.2 Å². The van der Waals surface area contributed by atoms with E-state index < -0.39 is 39.3 Å². The van der Waals surface area contributed by atoms with Crippen LogP contribution < -0.4 is 16.4 Å². The fourth-order valence-electron chi connectivity index (χ4n) is 3.91. The second-order valence-electron chi connectivity index (χ2n) is 7.26. The van der Waals surface area contributed by atoms with Gasteiger partial charge in [0.2, 0.25) is 11.9 Å². The Morgan fingerprint density at radius 2 is 1.35 bits per heavy atom. The average molecular weight is 494 g/mol. The molecule has 1 aliphatic carbocycles. The minimum Gasteiger partial charge on any atom is -0.369 e. The summed E-state index contributed by atoms with van der Waals surface area (Å²) in [6.45, 7) is 0. The summed E-state index contributed by atoms with van der Waals surface area (Å²) in [4.78, 5) is 9.37. The maximum atomic E-state index is 14.5. The van der Waals surface area contributed by atoms with Gasteiger partial charge < -0.3 is 11.5 Å². The van der Waals surface area contributed by atoms with Crippen LogP contribution in [0.5, 0.6) is 0 Å². The van der Waals surface area contributed by atoms with E-state index in [9.17, 15) is 30.7 Å². The van der Waals surface area contributed by atoms with E-state index in [1.54, 1.807) is 0 Å². The van der Waals surface area contributed by atoms with Crippen molar-refractivity contribution in [1.29, 1.82) is 0 Å². The molecule has 0 bridgehead atoms. The third-order valence-corrected chi connectivity index (χ3v) is 5.85. The number of aliphatic imine (C=N–C) groups is 2. The Balaban J connectivity index is 2.20. The largest absolute Gasteiger partial charge is 0.435 e. The number of halogens is 9. The number of guanidine groups is 2. The van der Waals surface area contributed by atoms with Crippen molar-refractivity contribution in [3.63, 3.8) is 0 Å². The average Bonchev–Trinajstić information content (AvgIpc) is 2.61. The van der Waals surface area contributed by atoms with E-state index >= 15 is 0 Å². The molecule has 0 atom stereocenters. The molecule has 2 aliphatic rings. The smallest absolute Gasteiger partial charge is 0.369 e. The van der Waals surface area contributed by atoms with E-state index in [4.69, 9.17) is 34.7 Å². The van der Waals surface area contributed by atoms with Crippen molar-refractivity contribution in [2.45, 2.75) is 55.8 Å². The lowest BCUT2D eigenvalue weighted by Crippen LogP contribution is -2.58. The van der Waals surface area contributed by atoms with Crippen LogP contribution in [-0.4, -0.2) is 29.9 Å². The van der Waals surface area contributed by atoms with Crippen molar-refractivity contribution >= 4 is 40.8 Å². The Bertz CT molecular complexity index is 899. The Kier molecular flexibility index (Phi) is 5.79. The highest BCUT2D eigenvalue weighted by Gasteiger charge is 2.73. The monoisotopic (exact) mass is 493 g/mol. The van der Waals surface area contributed by atoms with Gasteiger partial charge in [0.1, 0.15) is 5.66 Å². The molecule has 172 valence electrons. The molecule has 31 heavy (non-hydrogen) atoms. The number of hydrogen-bond donors (Lipinski definition) is 2. The van der Waals surface area contributed by atoms with Gasteiger partial charge in [0.25, 0.3) is 0 Å². The molecule has 1 aliphatic heterocycles. The molecule has 1 spiro atoms. The quantitative estimate of drug-likeness (QED) is 0.541. The lowest BCUT2D eigenvalue weighted by molar-refractivity contribution is -0.348. The normalized spacial score (nSPS) is 20.0. The molecule has 0 radical (unpaired) electrons. The summed E-state index contributed by atoms with van der Waals surface area (Å²) in [7, 11) is 0. The van der Waals surface area contributed by atoms with E-state index in [2.05, 4.69) is 9.98 Å². The number of anilines is 1. The summed E-state index contributed by atoms with van der Waals surface area (Å²) in [5.41, 5.74) is 2.84. The van der Waals surface area contributed by atoms with E-state index in [1.165, 1.54) is 4.90 Å². The number of nitrogens with zero attached hydrogens (tertiary/aromatic N) is 3. The SMILES string of the molecule is NC1=NC2(CCCCC2)N(c2c(Cl)cc(C(F)(C(F)(F)F)C(F)(F)F)cc2Cl)C(N)=N1. The van der Waals surface area contributed by atoms with Crippen LogP contribution in [0.4, 0.5) is 36.4 Å². The van der Waals surface area contributed by atoms with Gasteiger partial charge in [-0.2, -0.15) is 31.3 Å². The molecular weight excluding hydrogens is 478 g/mol. The standard InChI is InChI=1S/C17H16Cl2F7N5/c18-9-6-8(15(20,16(21,22)23)17(24,25)26)7-10(19)11(9)31-13(28)29-12(27)30-14(31)4-2-1-3-5-14/h6-7H,1-5H2,(H4,27,28,29,30). The summed E-state index contributed by atoms with van der Waals surface area (Å²) in [6, 6.07) is 0.463. The molecule has 1 aromatic rings. The maximum Gasteiger partial charge on any atom is 0.435 e. The second kappa shape index (κ2) is 7.58. The topological polar surface area (TPSA) is 80.0 Å². The zero-order valence-electron chi connectivity index (χ0n) is 15.6. The predicted molar refractivity (Wildman–Crippen MR) is 103 cm³/mol. The zero-order valence-corrected chi connectivity index (χ0v) is 17.1. The van der Waals surface area contributed by atoms with Crippen LogP contribution in [0.15, 0.2) is 22.1 Å². The fraction of sp³-hybridized carbons (Fsp3) is 0.529. The first-order valence-electron chi connectivity index (χ1n) is 8.96. The summed E-state index contributed by atoms with van der Waals surface area (Å²) in [6.07, 6.45) is -9.59. The van der Waals surface area contributed by atoms with Crippen LogP contribution in [-0.2, 0) is 5.67 Å². The van der Waals surface area contributed by atoms with Crippen LogP contribution in [0.25, 0.3) is 0 Å². The molecule has 1 fully saturated rings. The molecule has 14 heteroatoms. The van der Waals surface area contributed by atoms with Crippen LogP contribution in [0.2, 0.25) is 10.0 Å². The molecule has 1 saturated carbocycles. The Morgan fingerprint density at radius 3 is 1.81 bits per heavy atom. The molecule has 4 N–H and O–H groups in total. The minimum atomic E-state index is -6.31. The predicted octanol–water partition coefficient (Wildman–Crippen LogP) is 5.39. The van der Waals surface area contributed by atoms with Gasteiger partial charge in [0, 0.05) is 5.56 Å². The molecular formula is C17H16Cl2F7N5. The van der Waals surface area contributed by atoms with Gasteiger partial charge in [0.15, 0.2) is 0 Å². The van der Waals surface area contributed by atoms with Crippen LogP contribution in [0, 0.1) is 0 Å². The second-order valence-corrected chi connectivity index (χ2v) is 8.08. The van der Waals surface area contributed by atoms with E-state index in [0.29, 0.717) is 25.7 Å². The van der Waals surface area contributed by atoms with Crippen LogP contribution in [0.3, 0.4) is 0 Å². The Morgan fingerprint density at radius 1 is 0.871 bits per heavy atom. The van der Waals surface area contributed by atoms with Crippen molar-refractivity contribution < 1.29 is 30.7 Å². The summed E-state index contributed by atoms with van der Waals surface area (Å²) >= 11 is 12.1. The first-order chi connectivity index (χ1) is 14.1. The number of alkyl halides is 7. The summed E-state index contributed by atoms with van der Waals surface area (Å²) in [5.74, 6) is -0.388. The first-order valence-corrected chi connectivity index (χ1v) is 9.71. The molecule has 1 aromatic carbocycles. The maximum absolute atomic E-state index is 14.5. The zero-order chi connectivity index (χ0) is 23.4. The van der Waals surface area contributed by atoms with Gasteiger partial charge in [-0.3, -0.25) is 4.90 Å². The Labute approximate surface area is 181 Å². The van der Waals surface area contributed by atoms with Gasteiger partial charge in [-0.1, -0.05) is 29.6 Å². The van der Waals surface area contributed by atoms with Crippen LogP contribution in [0.1, 0.15) is 37.7 Å². The van der Waals surface area contributed by atoms with Crippen molar-refractivity contribution in [2.24, 2.45) is 21.5 Å². The lowest BCUT2D eigenvalue weighted by Gasteiger charge is -2.46. The highest BCUT2D eigenvalue weighted by Crippen LogP contribution is 2.55. The van der Waals surface area contributed by atoms with Crippen molar-refractivity contribution in [1.82, 2.24) is 0 Å². The molecule has 0 aromatic heterocycles. The minimum absolute atomic E-state index is 0.142. The van der Waals surface area contributed by atoms with Gasteiger partial charge in [-0.25, -0.2) is 9.38 Å². The van der Waals surface area contributed by atoms with Crippen molar-refractivity contribution in [3.05, 3.63) is 27.7 Å². The van der Waals surface area contributed by atoms with Gasteiger partial charge in [-0.15, -0.1) is 0 Å². The lowest BCUT2D eigenvalue weighted by atomic mass is 9.87. The van der Waals surface area contributed by atoms with Gasteiger partial charge in [-0.05, 0) is 37.8 Å². The molecule has 3 rings (SSSR count). The van der Waals surface area contributed by atoms with Gasteiger partial charge >= 0.3 is 18.0 Å². The van der Waals surface area contributed by atoms with Gasteiger partial charge in [0.05, 0.1) is 15.7 Å². The molecule has 1 heterocycles. The molecule has 0 amide bonds. The van der Waals surface area contributed by atoms with E-state index in [-0.39, 0.29) is 29.7 Å². The van der Waals surface area contributed by atoms with Crippen molar-refractivity contribution in [2.75, 3.05) is 4.90 Å². The number of rotatable bonds is 2. The fourth-order valence-corrected chi connectivity index (χ4v) is 4.57. The van der Waals surface area contributed by atoms with E-state index in [0.717, 1.165) is 6.42 Å². The molecule has 5 nitrogen and oxygen atoms in total. The third kappa shape index (κ3) is 3.77. The summed E-state index contributed by atoms with van der Waals surface area (Å²) < 4.78 is 93.3.